The van der Waals surface area contributed by atoms with Crippen LogP contribution >= 0.6 is 11.6 Å². The quantitative estimate of drug-likeness (QED) is 0.498. The van der Waals surface area contributed by atoms with E-state index in [4.69, 9.17) is 16.7 Å². The summed E-state index contributed by atoms with van der Waals surface area (Å²) < 4.78 is 55.4. The molecule has 1 aromatic heterocycles. The molecule has 0 radical (unpaired) electrons. The second-order valence-electron chi connectivity index (χ2n) is 6.59. The lowest BCUT2D eigenvalue weighted by molar-refractivity contribution is -0.138. The van der Waals surface area contributed by atoms with E-state index < -0.39 is 40.7 Å². The van der Waals surface area contributed by atoms with Gasteiger partial charge in [0.05, 0.1) is 32.7 Å². The molecule has 0 aliphatic heterocycles. The van der Waals surface area contributed by atoms with E-state index in [2.05, 4.69) is 15.3 Å². The average Bonchev–Trinajstić information content (AvgIpc) is 2.62. The van der Waals surface area contributed by atoms with E-state index in [1.807, 2.05) is 0 Å². The summed E-state index contributed by atoms with van der Waals surface area (Å²) >= 11 is 5.92. The minimum atomic E-state index is -4.77. The Kier molecular flexibility index (Phi) is 5.46. The fraction of sp³-hybridized carbons (Fsp3) is 0.211. The molecular weight excluding hydrogens is 430 g/mol. The van der Waals surface area contributed by atoms with Crippen LogP contribution in [0.5, 0.6) is 0 Å². The lowest BCUT2D eigenvalue weighted by atomic mass is 9.98. The molecule has 3 aromatic rings. The summed E-state index contributed by atoms with van der Waals surface area (Å²) in [4.78, 5) is 29.5. The van der Waals surface area contributed by atoms with Crippen LogP contribution in [0.4, 0.5) is 23.2 Å². The molecule has 0 aliphatic carbocycles. The number of carboxylic acids is 1. The van der Waals surface area contributed by atoms with Gasteiger partial charge in [0, 0.05) is 6.04 Å². The first-order valence-electron chi connectivity index (χ1n) is 8.49. The van der Waals surface area contributed by atoms with Gasteiger partial charge in [-0.25, -0.2) is 14.2 Å². The highest BCUT2D eigenvalue weighted by atomic mass is 35.5. The number of carbonyl (C=O) groups is 1. The number of halogens is 5. The first-order chi connectivity index (χ1) is 13.9. The number of benzene rings is 2. The number of hydrogen-bond donors (Lipinski definition) is 3. The molecule has 11 heteroatoms. The van der Waals surface area contributed by atoms with E-state index in [1.165, 1.54) is 13.8 Å². The van der Waals surface area contributed by atoms with Gasteiger partial charge in [0.2, 0.25) is 0 Å². The van der Waals surface area contributed by atoms with Crippen LogP contribution in [0.25, 0.3) is 10.9 Å². The Morgan fingerprint density at radius 2 is 1.93 bits per heavy atom. The molecule has 0 saturated carbocycles. The number of aromatic nitrogens is 2. The SMILES string of the molecule is Cc1nc2cc(C(F)(F)F)c([C@H](C)Nc3c(F)cc(C(=O)O)cc3Cl)cc2c(=O)[nH]1. The highest BCUT2D eigenvalue weighted by Gasteiger charge is 2.35. The lowest BCUT2D eigenvalue weighted by Crippen LogP contribution is -2.18. The molecule has 0 aliphatic rings. The van der Waals surface area contributed by atoms with Crippen molar-refractivity contribution in [3.63, 3.8) is 0 Å². The highest BCUT2D eigenvalue weighted by molar-refractivity contribution is 6.33. The smallest absolute Gasteiger partial charge is 0.416 e. The molecule has 30 heavy (non-hydrogen) atoms. The Hall–Kier alpha value is -3.14. The Bertz CT molecular complexity index is 1200. The van der Waals surface area contributed by atoms with E-state index in [-0.39, 0.29) is 33.0 Å². The third-order valence-corrected chi connectivity index (χ3v) is 4.71. The van der Waals surface area contributed by atoms with Crippen molar-refractivity contribution in [2.75, 3.05) is 5.32 Å². The average molecular weight is 444 g/mol. The van der Waals surface area contributed by atoms with E-state index >= 15 is 0 Å². The summed E-state index contributed by atoms with van der Waals surface area (Å²) in [5.41, 5.74) is -2.90. The standard InChI is InChI=1S/C19H14ClF4N3O3/c1-7(25-16-13(20)3-9(18(29)30)4-14(16)21)10-5-11-15(6-12(10)19(22,23)24)26-8(2)27-17(11)28/h3-7,25H,1-2H3,(H,29,30)(H,26,27,28)/t7-/m0/s1. The maximum atomic E-state index is 14.3. The molecule has 158 valence electrons. The molecule has 6 nitrogen and oxygen atoms in total. The van der Waals surface area contributed by atoms with Crippen LogP contribution in [0, 0.1) is 12.7 Å². The molecular formula is C19H14ClF4N3O3. The van der Waals surface area contributed by atoms with Gasteiger partial charge < -0.3 is 15.4 Å². The zero-order chi connectivity index (χ0) is 22.4. The number of rotatable bonds is 4. The van der Waals surface area contributed by atoms with Gasteiger partial charge in [-0.05, 0) is 43.7 Å². The van der Waals surface area contributed by atoms with Gasteiger partial charge in [0.1, 0.15) is 11.6 Å². The van der Waals surface area contributed by atoms with Gasteiger partial charge in [0.15, 0.2) is 0 Å². The third kappa shape index (κ3) is 4.09. The van der Waals surface area contributed by atoms with Crippen molar-refractivity contribution in [1.82, 2.24) is 9.97 Å². The number of carboxylic acid groups (broad SMARTS) is 1. The molecule has 1 atom stereocenters. The number of nitrogens with one attached hydrogen (secondary N) is 2. The van der Waals surface area contributed by atoms with Crippen LogP contribution in [-0.2, 0) is 6.18 Å². The number of alkyl halides is 3. The number of aromatic amines is 1. The minimum absolute atomic E-state index is 0.0648. The topological polar surface area (TPSA) is 95.1 Å². The lowest BCUT2D eigenvalue weighted by Gasteiger charge is -2.22. The van der Waals surface area contributed by atoms with Gasteiger partial charge in [-0.1, -0.05) is 11.6 Å². The first-order valence-corrected chi connectivity index (χ1v) is 8.87. The Balaban J connectivity index is 2.14. The summed E-state index contributed by atoms with van der Waals surface area (Å²) in [6.07, 6.45) is -4.77. The number of H-pyrrole nitrogens is 1. The van der Waals surface area contributed by atoms with Crippen molar-refractivity contribution in [1.29, 1.82) is 0 Å². The van der Waals surface area contributed by atoms with Crippen LogP contribution < -0.4 is 10.9 Å². The van der Waals surface area contributed by atoms with E-state index in [0.717, 1.165) is 18.2 Å². The maximum Gasteiger partial charge on any atom is 0.416 e. The van der Waals surface area contributed by atoms with Crippen LogP contribution in [-0.4, -0.2) is 21.0 Å². The van der Waals surface area contributed by atoms with Gasteiger partial charge in [0.25, 0.3) is 5.56 Å². The van der Waals surface area contributed by atoms with E-state index in [9.17, 15) is 27.2 Å². The zero-order valence-corrected chi connectivity index (χ0v) is 16.2. The largest absolute Gasteiger partial charge is 0.478 e. The number of fused-ring (bicyclic) bond motifs is 1. The maximum absolute atomic E-state index is 14.3. The van der Waals surface area contributed by atoms with Crippen molar-refractivity contribution in [3.05, 3.63) is 68.0 Å². The molecule has 0 fully saturated rings. The van der Waals surface area contributed by atoms with E-state index in [0.29, 0.717) is 6.07 Å². The number of anilines is 1. The van der Waals surface area contributed by atoms with Crippen LogP contribution in [0.15, 0.2) is 29.1 Å². The van der Waals surface area contributed by atoms with Crippen molar-refractivity contribution in [2.24, 2.45) is 0 Å². The summed E-state index contributed by atoms with van der Waals surface area (Å²) in [5, 5.41) is 11.1. The molecule has 1 heterocycles. The summed E-state index contributed by atoms with van der Waals surface area (Å²) in [6, 6.07) is 2.33. The normalized spacial score (nSPS) is 12.8. The molecule has 0 bridgehead atoms. The molecule has 3 rings (SSSR count). The number of aromatic carboxylic acids is 1. The van der Waals surface area contributed by atoms with Crippen LogP contribution in [0.1, 0.15) is 40.3 Å². The molecule has 3 N–H and O–H groups in total. The fourth-order valence-corrected chi connectivity index (χ4v) is 3.31. The molecule has 0 amide bonds. The predicted octanol–water partition coefficient (Wildman–Crippen LogP) is 4.91. The van der Waals surface area contributed by atoms with Crippen molar-refractivity contribution < 1.29 is 27.5 Å². The fourth-order valence-electron chi connectivity index (χ4n) is 3.05. The second-order valence-corrected chi connectivity index (χ2v) is 7.00. The van der Waals surface area contributed by atoms with Crippen LogP contribution in [0.3, 0.4) is 0 Å². The summed E-state index contributed by atoms with van der Waals surface area (Å²) in [5.74, 6) is -2.30. The number of nitrogens with zero attached hydrogens (tertiary/aromatic N) is 1. The third-order valence-electron chi connectivity index (χ3n) is 4.42. The number of hydrogen-bond acceptors (Lipinski definition) is 4. The Morgan fingerprint density at radius 1 is 1.27 bits per heavy atom. The first kappa shape index (κ1) is 21.6. The van der Waals surface area contributed by atoms with Crippen molar-refractivity contribution in [2.45, 2.75) is 26.1 Å². The van der Waals surface area contributed by atoms with Gasteiger partial charge in [-0.2, -0.15) is 13.2 Å². The van der Waals surface area contributed by atoms with Crippen molar-refractivity contribution >= 4 is 34.2 Å². The van der Waals surface area contributed by atoms with Crippen molar-refractivity contribution in [3.8, 4) is 0 Å². The molecule has 2 aromatic carbocycles. The second kappa shape index (κ2) is 7.60. The predicted molar refractivity (Wildman–Crippen MR) is 103 cm³/mol. The highest BCUT2D eigenvalue weighted by Crippen LogP contribution is 2.38. The number of aryl methyl sites for hydroxylation is 1. The van der Waals surface area contributed by atoms with E-state index in [1.54, 1.807) is 0 Å². The van der Waals surface area contributed by atoms with Crippen LogP contribution in [0.2, 0.25) is 5.02 Å². The Labute approximate surface area is 171 Å². The Morgan fingerprint density at radius 3 is 2.50 bits per heavy atom. The van der Waals surface area contributed by atoms with Gasteiger partial charge in [-0.15, -0.1) is 0 Å². The monoisotopic (exact) mass is 443 g/mol. The van der Waals surface area contributed by atoms with Gasteiger partial charge in [-0.3, -0.25) is 4.79 Å². The molecule has 0 spiro atoms. The zero-order valence-electron chi connectivity index (χ0n) is 15.5. The summed E-state index contributed by atoms with van der Waals surface area (Å²) in [6.45, 7) is 2.77. The van der Waals surface area contributed by atoms with Gasteiger partial charge >= 0.3 is 12.1 Å². The molecule has 0 unspecified atom stereocenters. The summed E-state index contributed by atoms with van der Waals surface area (Å²) in [7, 11) is 0. The minimum Gasteiger partial charge on any atom is -0.478 e. The molecule has 0 saturated heterocycles.